The smallest absolute Gasteiger partial charge is 0.0702 e. The van der Waals surface area contributed by atoms with Gasteiger partial charge < -0.3 is 9.64 Å². The number of hydrogen-bond acceptors (Lipinski definition) is 3. The number of thiol groups is 1. The third-order valence-corrected chi connectivity index (χ3v) is 3.31. The molecule has 0 amide bonds. The number of piperidine rings is 1. The molecule has 0 radical (unpaired) electrons. The van der Waals surface area contributed by atoms with E-state index in [0.29, 0.717) is 6.10 Å². The van der Waals surface area contributed by atoms with Crippen molar-refractivity contribution in [3.05, 3.63) is 0 Å². The molecule has 0 spiro atoms. The Labute approximate surface area is 99.8 Å². The van der Waals surface area contributed by atoms with Crippen LogP contribution in [-0.2, 0) is 4.74 Å². The van der Waals surface area contributed by atoms with Gasteiger partial charge in [0.25, 0.3) is 0 Å². The molecule has 3 heteroatoms. The molecule has 1 heterocycles. The van der Waals surface area contributed by atoms with E-state index < -0.39 is 0 Å². The van der Waals surface area contributed by atoms with Gasteiger partial charge in [0.15, 0.2) is 0 Å². The predicted molar refractivity (Wildman–Crippen MR) is 68.8 cm³/mol. The summed E-state index contributed by atoms with van der Waals surface area (Å²) in [6.07, 6.45) is 6.94. The predicted octanol–water partition coefficient (Wildman–Crippen LogP) is 2.59. The highest BCUT2D eigenvalue weighted by atomic mass is 32.1. The third-order valence-electron chi connectivity index (χ3n) is 3.00. The van der Waals surface area contributed by atoms with Crippen LogP contribution in [0.25, 0.3) is 0 Å². The summed E-state index contributed by atoms with van der Waals surface area (Å²) in [6, 6.07) is 0. The number of hydrogen-bond donors (Lipinski definition) is 1. The minimum Gasteiger partial charge on any atom is -0.377 e. The van der Waals surface area contributed by atoms with Crippen molar-refractivity contribution in [2.75, 3.05) is 32.0 Å². The van der Waals surface area contributed by atoms with Crippen LogP contribution in [0, 0.1) is 0 Å². The molecule has 0 aliphatic carbocycles. The van der Waals surface area contributed by atoms with Gasteiger partial charge in [0.05, 0.1) is 6.10 Å². The van der Waals surface area contributed by atoms with Gasteiger partial charge in [-0.05, 0) is 51.4 Å². The maximum absolute atomic E-state index is 5.69. The molecular weight excluding hydrogens is 206 g/mol. The first-order valence-electron chi connectivity index (χ1n) is 6.31. The van der Waals surface area contributed by atoms with Gasteiger partial charge in [-0.15, -0.1) is 0 Å². The van der Waals surface area contributed by atoms with E-state index in [1.807, 2.05) is 0 Å². The standard InChI is InChI=1S/C12H25NOS/c1-2-14-12-7-6-9-13(11-12)8-4-3-5-10-15/h12,15H,2-11H2,1H3. The van der Waals surface area contributed by atoms with Crippen molar-refractivity contribution in [3.63, 3.8) is 0 Å². The number of rotatable bonds is 7. The van der Waals surface area contributed by atoms with Crippen molar-refractivity contribution in [2.45, 2.75) is 45.1 Å². The zero-order chi connectivity index (χ0) is 10.9. The van der Waals surface area contributed by atoms with Crippen LogP contribution >= 0.6 is 12.6 Å². The lowest BCUT2D eigenvalue weighted by Crippen LogP contribution is -2.40. The van der Waals surface area contributed by atoms with Gasteiger partial charge >= 0.3 is 0 Å². The molecule has 90 valence electrons. The van der Waals surface area contributed by atoms with Crippen LogP contribution in [0.3, 0.4) is 0 Å². The quantitative estimate of drug-likeness (QED) is 0.534. The fraction of sp³-hybridized carbons (Fsp3) is 1.00. The van der Waals surface area contributed by atoms with Crippen LogP contribution in [-0.4, -0.2) is 43.0 Å². The van der Waals surface area contributed by atoms with Crippen LogP contribution in [0.1, 0.15) is 39.0 Å². The first-order chi connectivity index (χ1) is 7.36. The molecular formula is C12H25NOS. The topological polar surface area (TPSA) is 12.5 Å². The van der Waals surface area contributed by atoms with Crippen molar-refractivity contribution in [1.29, 1.82) is 0 Å². The first kappa shape index (κ1) is 13.3. The number of likely N-dealkylation sites (tertiary alicyclic amines) is 1. The molecule has 1 rings (SSSR count). The van der Waals surface area contributed by atoms with Crippen molar-refractivity contribution in [1.82, 2.24) is 4.90 Å². The number of nitrogens with zero attached hydrogens (tertiary/aromatic N) is 1. The summed E-state index contributed by atoms with van der Waals surface area (Å²) in [6.45, 7) is 6.61. The summed E-state index contributed by atoms with van der Waals surface area (Å²) >= 11 is 4.23. The Kier molecular flexibility index (Phi) is 7.49. The summed E-state index contributed by atoms with van der Waals surface area (Å²) in [5, 5.41) is 0. The zero-order valence-corrected chi connectivity index (χ0v) is 10.8. The SMILES string of the molecule is CCOC1CCCN(CCCCCS)C1. The lowest BCUT2D eigenvalue weighted by molar-refractivity contribution is 0.00562. The first-order valence-corrected chi connectivity index (χ1v) is 6.95. The number of ether oxygens (including phenoxy) is 1. The van der Waals surface area contributed by atoms with Gasteiger partial charge in [0.1, 0.15) is 0 Å². The Morgan fingerprint density at radius 2 is 2.20 bits per heavy atom. The maximum Gasteiger partial charge on any atom is 0.0702 e. The highest BCUT2D eigenvalue weighted by molar-refractivity contribution is 7.80. The van der Waals surface area contributed by atoms with Crippen molar-refractivity contribution in [2.24, 2.45) is 0 Å². The van der Waals surface area contributed by atoms with Gasteiger partial charge in [0.2, 0.25) is 0 Å². The third kappa shape index (κ3) is 5.79. The van der Waals surface area contributed by atoms with E-state index in [4.69, 9.17) is 4.74 Å². The van der Waals surface area contributed by atoms with E-state index in [0.717, 1.165) is 18.9 Å². The van der Waals surface area contributed by atoms with Gasteiger partial charge in [-0.3, -0.25) is 0 Å². The summed E-state index contributed by atoms with van der Waals surface area (Å²) in [4.78, 5) is 2.56. The molecule has 1 saturated heterocycles. The van der Waals surface area contributed by atoms with Gasteiger partial charge in [0, 0.05) is 13.2 Å². The second kappa shape index (κ2) is 8.43. The Morgan fingerprint density at radius 1 is 1.33 bits per heavy atom. The van der Waals surface area contributed by atoms with E-state index in [-0.39, 0.29) is 0 Å². The van der Waals surface area contributed by atoms with E-state index in [9.17, 15) is 0 Å². The van der Waals surface area contributed by atoms with E-state index in [2.05, 4.69) is 24.5 Å². The van der Waals surface area contributed by atoms with Gasteiger partial charge in [-0.2, -0.15) is 12.6 Å². The summed E-state index contributed by atoms with van der Waals surface area (Å²) < 4.78 is 5.69. The summed E-state index contributed by atoms with van der Waals surface area (Å²) in [5.41, 5.74) is 0. The van der Waals surface area contributed by atoms with E-state index >= 15 is 0 Å². The van der Waals surface area contributed by atoms with Gasteiger partial charge in [-0.25, -0.2) is 0 Å². The minimum absolute atomic E-state index is 0.494. The molecule has 1 aliphatic rings. The second-order valence-corrected chi connectivity index (χ2v) is 4.75. The average Bonchev–Trinajstić information content (AvgIpc) is 2.26. The Morgan fingerprint density at radius 3 is 2.93 bits per heavy atom. The van der Waals surface area contributed by atoms with Crippen LogP contribution in [0.5, 0.6) is 0 Å². The fourth-order valence-corrected chi connectivity index (χ4v) is 2.44. The lowest BCUT2D eigenvalue weighted by atomic mass is 10.1. The minimum atomic E-state index is 0.494. The lowest BCUT2D eigenvalue weighted by Gasteiger charge is -2.32. The monoisotopic (exact) mass is 231 g/mol. The molecule has 1 atom stereocenters. The molecule has 2 nitrogen and oxygen atoms in total. The Bertz CT molecular complexity index is 153. The van der Waals surface area contributed by atoms with Crippen molar-refractivity contribution in [3.8, 4) is 0 Å². The second-order valence-electron chi connectivity index (χ2n) is 4.30. The molecule has 1 aliphatic heterocycles. The molecule has 1 fully saturated rings. The molecule has 0 bridgehead atoms. The molecule has 0 aromatic rings. The molecule has 15 heavy (non-hydrogen) atoms. The Hall–Kier alpha value is 0.270. The largest absolute Gasteiger partial charge is 0.377 e. The molecule has 1 unspecified atom stereocenters. The van der Waals surface area contributed by atoms with Crippen LogP contribution < -0.4 is 0 Å². The average molecular weight is 231 g/mol. The van der Waals surface area contributed by atoms with E-state index in [1.54, 1.807) is 0 Å². The molecule has 0 saturated carbocycles. The normalized spacial score (nSPS) is 23.2. The van der Waals surface area contributed by atoms with Crippen LogP contribution in [0.4, 0.5) is 0 Å². The van der Waals surface area contributed by atoms with Crippen LogP contribution in [0.2, 0.25) is 0 Å². The van der Waals surface area contributed by atoms with Crippen LogP contribution in [0.15, 0.2) is 0 Å². The summed E-state index contributed by atoms with van der Waals surface area (Å²) in [7, 11) is 0. The van der Waals surface area contributed by atoms with E-state index in [1.165, 1.54) is 45.2 Å². The molecule has 0 aromatic carbocycles. The number of unbranched alkanes of at least 4 members (excludes halogenated alkanes) is 2. The zero-order valence-electron chi connectivity index (χ0n) is 9.95. The molecule has 0 N–H and O–H groups in total. The van der Waals surface area contributed by atoms with Crippen molar-refractivity contribution < 1.29 is 4.74 Å². The van der Waals surface area contributed by atoms with Crippen molar-refractivity contribution >= 4 is 12.6 Å². The highest BCUT2D eigenvalue weighted by Gasteiger charge is 2.18. The molecule has 0 aromatic heterocycles. The highest BCUT2D eigenvalue weighted by Crippen LogP contribution is 2.13. The summed E-state index contributed by atoms with van der Waals surface area (Å²) in [5.74, 6) is 1.03. The Balaban J connectivity index is 2.07. The maximum atomic E-state index is 5.69. The van der Waals surface area contributed by atoms with Gasteiger partial charge in [-0.1, -0.05) is 6.42 Å². The fourth-order valence-electron chi connectivity index (χ4n) is 2.21.